The fourth-order valence-electron chi connectivity index (χ4n) is 3.45. The molecule has 0 aromatic rings. The van der Waals surface area contributed by atoms with E-state index in [4.69, 9.17) is 5.73 Å². The average molecular weight is 293 g/mol. The molecule has 2 rings (SSSR count). The lowest BCUT2D eigenvalue weighted by molar-refractivity contribution is -0.150. The average Bonchev–Trinajstić information content (AvgIpc) is 2.34. The van der Waals surface area contributed by atoms with Gasteiger partial charge in [0.2, 0.25) is 0 Å². The SMILES string of the molecule is NC1CCCCCCC1N1CCN(CC(F)(F)F)CC1. The minimum absolute atomic E-state index is 0.185. The maximum atomic E-state index is 12.4. The van der Waals surface area contributed by atoms with Crippen LogP contribution in [-0.2, 0) is 0 Å². The highest BCUT2D eigenvalue weighted by Crippen LogP contribution is 2.23. The summed E-state index contributed by atoms with van der Waals surface area (Å²) >= 11 is 0. The third kappa shape index (κ3) is 4.90. The zero-order valence-corrected chi connectivity index (χ0v) is 12.0. The molecule has 2 fully saturated rings. The first kappa shape index (κ1) is 16.0. The van der Waals surface area contributed by atoms with Crippen LogP contribution in [0.25, 0.3) is 0 Å². The lowest BCUT2D eigenvalue weighted by Crippen LogP contribution is -2.56. The molecule has 20 heavy (non-hydrogen) atoms. The summed E-state index contributed by atoms with van der Waals surface area (Å²) in [6, 6.07) is 0.549. The molecule has 3 nitrogen and oxygen atoms in total. The van der Waals surface area contributed by atoms with E-state index in [1.165, 1.54) is 30.6 Å². The van der Waals surface area contributed by atoms with E-state index >= 15 is 0 Å². The zero-order valence-electron chi connectivity index (χ0n) is 12.0. The fraction of sp³-hybridized carbons (Fsp3) is 1.00. The number of hydrogen-bond donors (Lipinski definition) is 1. The number of alkyl halides is 3. The first-order valence-electron chi connectivity index (χ1n) is 7.74. The van der Waals surface area contributed by atoms with Crippen LogP contribution in [0.2, 0.25) is 0 Å². The van der Waals surface area contributed by atoms with Gasteiger partial charge in [-0.15, -0.1) is 0 Å². The maximum absolute atomic E-state index is 12.4. The monoisotopic (exact) mass is 293 g/mol. The van der Waals surface area contributed by atoms with Crippen LogP contribution in [-0.4, -0.2) is 60.8 Å². The van der Waals surface area contributed by atoms with Gasteiger partial charge in [-0.2, -0.15) is 13.2 Å². The largest absolute Gasteiger partial charge is 0.401 e. The Morgan fingerprint density at radius 1 is 0.900 bits per heavy atom. The van der Waals surface area contributed by atoms with Gasteiger partial charge in [0.05, 0.1) is 6.54 Å². The molecular formula is C14H26F3N3. The van der Waals surface area contributed by atoms with Gasteiger partial charge in [0, 0.05) is 38.3 Å². The normalized spacial score (nSPS) is 31.8. The van der Waals surface area contributed by atoms with Crippen LogP contribution >= 0.6 is 0 Å². The van der Waals surface area contributed by atoms with E-state index in [2.05, 4.69) is 4.90 Å². The summed E-state index contributed by atoms with van der Waals surface area (Å²) in [4.78, 5) is 3.83. The molecule has 2 unspecified atom stereocenters. The Labute approximate surface area is 119 Å². The second-order valence-electron chi connectivity index (χ2n) is 6.15. The van der Waals surface area contributed by atoms with Crippen molar-refractivity contribution in [1.82, 2.24) is 9.80 Å². The van der Waals surface area contributed by atoms with Gasteiger partial charge in [-0.05, 0) is 12.8 Å². The van der Waals surface area contributed by atoms with Gasteiger partial charge >= 0.3 is 6.18 Å². The van der Waals surface area contributed by atoms with Crippen LogP contribution in [0.1, 0.15) is 38.5 Å². The predicted molar refractivity (Wildman–Crippen MR) is 73.5 cm³/mol. The van der Waals surface area contributed by atoms with E-state index in [9.17, 15) is 13.2 Å². The van der Waals surface area contributed by atoms with Crippen molar-refractivity contribution in [2.75, 3.05) is 32.7 Å². The second-order valence-corrected chi connectivity index (χ2v) is 6.15. The highest BCUT2D eigenvalue weighted by atomic mass is 19.4. The molecule has 0 spiro atoms. The van der Waals surface area contributed by atoms with Crippen LogP contribution < -0.4 is 5.73 Å². The van der Waals surface area contributed by atoms with Crippen molar-refractivity contribution in [2.45, 2.75) is 56.8 Å². The van der Waals surface area contributed by atoms with Crippen molar-refractivity contribution in [3.8, 4) is 0 Å². The van der Waals surface area contributed by atoms with E-state index in [-0.39, 0.29) is 6.04 Å². The zero-order chi connectivity index (χ0) is 14.6. The van der Waals surface area contributed by atoms with Crippen molar-refractivity contribution < 1.29 is 13.2 Å². The highest BCUT2D eigenvalue weighted by molar-refractivity contribution is 4.87. The fourth-order valence-corrected chi connectivity index (χ4v) is 3.45. The lowest BCUT2D eigenvalue weighted by Gasteiger charge is -2.42. The molecule has 0 radical (unpaired) electrons. The Balaban J connectivity index is 1.82. The number of piperazine rings is 1. The maximum Gasteiger partial charge on any atom is 0.401 e. The number of nitrogens with zero attached hydrogens (tertiary/aromatic N) is 2. The molecule has 1 heterocycles. The quantitative estimate of drug-likeness (QED) is 0.847. The number of hydrogen-bond acceptors (Lipinski definition) is 3. The molecule has 2 N–H and O–H groups in total. The number of rotatable bonds is 2. The van der Waals surface area contributed by atoms with Gasteiger partial charge < -0.3 is 5.73 Å². The number of nitrogens with two attached hydrogens (primary N) is 1. The summed E-state index contributed by atoms with van der Waals surface area (Å²) in [7, 11) is 0. The Morgan fingerprint density at radius 3 is 2.10 bits per heavy atom. The third-order valence-electron chi connectivity index (χ3n) is 4.56. The molecule has 6 heteroatoms. The number of halogens is 3. The molecule has 118 valence electrons. The molecule has 0 bridgehead atoms. The van der Waals surface area contributed by atoms with Gasteiger partial charge in [0.15, 0.2) is 0 Å². The smallest absolute Gasteiger partial charge is 0.326 e. The molecule has 1 saturated heterocycles. The van der Waals surface area contributed by atoms with Crippen molar-refractivity contribution in [3.05, 3.63) is 0 Å². The van der Waals surface area contributed by atoms with Crippen molar-refractivity contribution in [2.24, 2.45) is 5.73 Å². The topological polar surface area (TPSA) is 32.5 Å². The first-order chi connectivity index (χ1) is 9.46. The van der Waals surface area contributed by atoms with Gasteiger partial charge in [-0.25, -0.2) is 0 Å². The van der Waals surface area contributed by atoms with Gasteiger partial charge in [0.1, 0.15) is 0 Å². The second kappa shape index (κ2) is 7.09. The van der Waals surface area contributed by atoms with Crippen LogP contribution in [0.5, 0.6) is 0 Å². The summed E-state index contributed by atoms with van der Waals surface area (Å²) in [5.41, 5.74) is 6.28. The minimum Gasteiger partial charge on any atom is -0.326 e. The summed E-state index contributed by atoms with van der Waals surface area (Å²) < 4.78 is 37.1. The minimum atomic E-state index is -4.08. The van der Waals surface area contributed by atoms with Crippen LogP contribution in [0.15, 0.2) is 0 Å². The van der Waals surface area contributed by atoms with Crippen LogP contribution in [0.4, 0.5) is 13.2 Å². The van der Waals surface area contributed by atoms with Crippen LogP contribution in [0.3, 0.4) is 0 Å². The Kier molecular flexibility index (Phi) is 5.69. The Morgan fingerprint density at radius 2 is 1.50 bits per heavy atom. The molecule has 1 saturated carbocycles. The Bertz CT molecular complexity index is 288. The van der Waals surface area contributed by atoms with Gasteiger partial charge in [-0.1, -0.05) is 25.7 Å². The molecule has 0 aromatic carbocycles. The van der Waals surface area contributed by atoms with E-state index < -0.39 is 12.7 Å². The van der Waals surface area contributed by atoms with Crippen LogP contribution in [0, 0.1) is 0 Å². The molecule has 2 aliphatic rings. The molecule has 1 aliphatic heterocycles. The standard InChI is InChI=1S/C14H26F3N3/c15-14(16,17)11-19-7-9-20(10-8-19)13-6-4-2-1-3-5-12(13)18/h12-13H,1-11,18H2. The molecule has 0 aromatic heterocycles. The highest BCUT2D eigenvalue weighted by Gasteiger charge is 2.34. The molecule has 2 atom stereocenters. The summed E-state index contributed by atoms with van der Waals surface area (Å²) in [6.07, 6.45) is 2.97. The van der Waals surface area contributed by atoms with Crippen molar-refractivity contribution in [3.63, 3.8) is 0 Å². The Hall–Kier alpha value is -0.330. The van der Waals surface area contributed by atoms with E-state index in [1.807, 2.05) is 0 Å². The third-order valence-corrected chi connectivity index (χ3v) is 4.56. The summed E-state index contributed by atoms with van der Waals surface area (Å²) in [5.74, 6) is 0. The lowest BCUT2D eigenvalue weighted by atomic mass is 9.91. The van der Waals surface area contributed by atoms with E-state index in [0.717, 1.165) is 12.8 Å². The predicted octanol–water partition coefficient (Wildman–Crippen LogP) is 2.22. The first-order valence-corrected chi connectivity index (χ1v) is 7.74. The van der Waals surface area contributed by atoms with Gasteiger partial charge in [-0.3, -0.25) is 9.80 Å². The summed E-state index contributed by atoms with van der Waals surface area (Å²) in [6.45, 7) is 1.66. The van der Waals surface area contributed by atoms with Crippen molar-refractivity contribution in [1.29, 1.82) is 0 Å². The van der Waals surface area contributed by atoms with Gasteiger partial charge in [0.25, 0.3) is 0 Å². The van der Waals surface area contributed by atoms with Crippen molar-refractivity contribution >= 4 is 0 Å². The molecular weight excluding hydrogens is 267 g/mol. The van der Waals surface area contributed by atoms with E-state index in [0.29, 0.717) is 32.2 Å². The molecule has 1 aliphatic carbocycles. The van der Waals surface area contributed by atoms with E-state index in [1.54, 1.807) is 0 Å². The molecule has 0 amide bonds. The summed E-state index contributed by atoms with van der Waals surface area (Å²) in [5, 5.41) is 0.